The van der Waals surface area contributed by atoms with Gasteiger partial charge in [0.1, 0.15) is 6.61 Å². The van der Waals surface area contributed by atoms with Crippen LogP contribution in [0.15, 0.2) is 77.4 Å². The molecule has 34 heavy (non-hydrogen) atoms. The lowest BCUT2D eigenvalue weighted by Gasteiger charge is -2.14. The van der Waals surface area contributed by atoms with E-state index >= 15 is 0 Å². The van der Waals surface area contributed by atoms with Gasteiger partial charge in [0.15, 0.2) is 17.2 Å². The van der Waals surface area contributed by atoms with Crippen LogP contribution in [0.5, 0.6) is 11.5 Å². The summed E-state index contributed by atoms with van der Waals surface area (Å²) in [5.74, 6) is 0.520. The molecule has 1 amide bonds. The first-order valence-electron chi connectivity index (χ1n) is 10.7. The lowest BCUT2D eigenvalue weighted by atomic mass is 10.1. The zero-order chi connectivity index (χ0) is 24.1. The molecule has 0 fully saturated rings. The Balaban J connectivity index is 1.60. The van der Waals surface area contributed by atoms with E-state index in [1.807, 2.05) is 37.3 Å². The summed E-state index contributed by atoms with van der Waals surface area (Å²) in [6.45, 7) is 3.81. The number of nitrogens with zero attached hydrogens (tertiary/aromatic N) is 1. The molecule has 0 aliphatic carbocycles. The van der Waals surface area contributed by atoms with Gasteiger partial charge in [-0.25, -0.2) is 9.79 Å². The maximum absolute atomic E-state index is 12.5. The monoisotopic (exact) mass is 456 g/mol. The number of methoxy groups -OCH3 is 1. The highest BCUT2D eigenvalue weighted by Crippen LogP contribution is 2.34. The highest BCUT2D eigenvalue weighted by Gasteiger charge is 2.25. The Hall–Kier alpha value is -4.39. The first-order chi connectivity index (χ1) is 16.4. The second-order valence-electron chi connectivity index (χ2n) is 7.75. The molecular formula is C27H24N2O5. The summed E-state index contributed by atoms with van der Waals surface area (Å²) < 4.78 is 17.0. The standard InChI is InChI=1S/C27H24N2O5/c1-17-6-4-7-19(14-17)16-33-25-21(8-5-9-24(25)32-3)15-23-27(31)34-26(29-23)20-10-12-22(13-11-20)28-18(2)30/h4-15H,16H2,1-3H3,(H,28,30)/b23-15-. The van der Waals surface area contributed by atoms with E-state index in [1.54, 1.807) is 43.5 Å². The first-order valence-corrected chi connectivity index (χ1v) is 10.7. The molecule has 7 nitrogen and oxygen atoms in total. The Kier molecular flexibility index (Phi) is 6.73. The molecule has 0 unspecified atom stereocenters. The maximum atomic E-state index is 12.5. The number of ether oxygens (including phenoxy) is 3. The molecule has 172 valence electrons. The number of cyclic esters (lactones) is 1. The van der Waals surface area contributed by atoms with E-state index < -0.39 is 5.97 Å². The average Bonchev–Trinajstić information content (AvgIpc) is 3.18. The molecule has 7 heteroatoms. The third-order valence-electron chi connectivity index (χ3n) is 5.06. The third kappa shape index (κ3) is 5.32. The Labute approximate surface area is 197 Å². The van der Waals surface area contributed by atoms with Crippen molar-refractivity contribution in [3.63, 3.8) is 0 Å². The van der Waals surface area contributed by atoms with Crippen LogP contribution in [0.3, 0.4) is 0 Å². The van der Waals surface area contributed by atoms with Crippen LogP contribution in [0.4, 0.5) is 5.69 Å². The van der Waals surface area contributed by atoms with E-state index in [0.717, 1.165) is 11.1 Å². The minimum absolute atomic E-state index is 0.148. The number of anilines is 1. The fourth-order valence-electron chi connectivity index (χ4n) is 3.50. The number of aryl methyl sites for hydroxylation is 1. The average molecular weight is 456 g/mol. The van der Waals surface area contributed by atoms with Crippen LogP contribution < -0.4 is 14.8 Å². The van der Waals surface area contributed by atoms with Gasteiger partial charge in [-0.15, -0.1) is 0 Å². The molecule has 4 rings (SSSR count). The van der Waals surface area contributed by atoms with Crippen molar-refractivity contribution in [1.82, 2.24) is 0 Å². The molecule has 1 aliphatic heterocycles. The van der Waals surface area contributed by atoms with Crippen molar-refractivity contribution in [2.75, 3.05) is 12.4 Å². The normalized spacial score (nSPS) is 13.9. The zero-order valence-electron chi connectivity index (χ0n) is 19.1. The van der Waals surface area contributed by atoms with Crippen molar-refractivity contribution in [3.8, 4) is 11.5 Å². The van der Waals surface area contributed by atoms with Crippen molar-refractivity contribution in [1.29, 1.82) is 0 Å². The lowest BCUT2D eigenvalue weighted by Crippen LogP contribution is -2.07. The number of hydrogen-bond donors (Lipinski definition) is 1. The number of rotatable bonds is 7. The Morgan fingerprint density at radius 3 is 2.56 bits per heavy atom. The van der Waals surface area contributed by atoms with Gasteiger partial charge in [0.2, 0.25) is 11.8 Å². The summed E-state index contributed by atoms with van der Waals surface area (Å²) in [7, 11) is 1.57. The molecule has 0 spiro atoms. The van der Waals surface area contributed by atoms with Gasteiger partial charge in [-0.2, -0.15) is 0 Å². The molecule has 0 aromatic heterocycles. The minimum atomic E-state index is -0.562. The van der Waals surface area contributed by atoms with Crippen molar-refractivity contribution in [2.45, 2.75) is 20.5 Å². The van der Waals surface area contributed by atoms with E-state index in [0.29, 0.717) is 34.9 Å². The van der Waals surface area contributed by atoms with Crippen LogP contribution in [0.1, 0.15) is 29.2 Å². The molecule has 1 heterocycles. The van der Waals surface area contributed by atoms with E-state index in [2.05, 4.69) is 16.4 Å². The first kappa shape index (κ1) is 22.8. The number of nitrogens with one attached hydrogen (secondary N) is 1. The van der Waals surface area contributed by atoms with Crippen molar-refractivity contribution in [2.24, 2.45) is 4.99 Å². The topological polar surface area (TPSA) is 86.2 Å². The van der Waals surface area contributed by atoms with Gasteiger partial charge in [0, 0.05) is 23.7 Å². The van der Waals surface area contributed by atoms with E-state index in [-0.39, 0.29) is 17.5 Å². The maximum Gasteiger partial charge on any atom is 0.363 e. The summed E-state index contributed by atoms with van der Waals surface area (Å²) in [6, 6.07) is 20.4. The molecule has 1 aliphatic rings. The van der Waals surface area contributed by atoms with Crippen LogP contribution in [0.2, 0.25) is 0 Å². The SMILES string of the molecule is COc1cccc(/C=C2\N=C(c3ccc(NC(C)=O)cc3)OC2=O)c1OCc1cccc(C)c1. The summed E-state index contributed by atoms with van der Waals surface area (Å²) in [6.07, 6.45) is 1.62. The number of carbonyl (C=O) groups is 2. The number of benzene rings is 3. The largest absolute Gasteiger partial charge is 0.493 e. The van der Waals surface area contributed by atoms with Gasteiger partial charge < -0.3 is 19.5 Å². The second kappa shape index (κ2) is 10.0. The van der Waals surface area contributed by atoms with Gasteiger partial charge in [-0.05, 0) is 48.9 Å². The quantitative estimate of drug-likeness (QED) is 0.404. The molecule has 0 bridgehead atoms. The van der Waals surface area contributed by atoms with Gasteiger partial charge in [-0.1, -0.05) is 42.0 Å². The highest BCUT2D eigenvalue weighted by molar-refractivity contribution is 6.13. The van der Waals surface area contributed by atoms with Crippen LogP contribution in [0, 0.1) is 6.92 Å². The summed E-state index contributed by atoms with van der Waals surface area (Å²) in [5.41, 5.74) is 4.22. The van der Waals surface area contributed by atoms with Gasteiger partial charge in [0.25, 0.3) is 0 Å². The number of para-hydroxylation sites is 1. The smallest absolute Gasteiger partial charge is 0.363 e. The molecular weight excluding hydrogens is 432 g/mol. The molecule has 3 aromatic carbocycles. The van der Waals surface area contributed by atoms with E-state index in [1.165, 1.54) is 6.92 Å². The van der Waals surface area contributed by atoms with Crippen molar-refractivity contribution < 1.29 is 23.8 Å². The van der Waals surface area contributed by atoms with Crippen molar-refractivity contribution >= 4 is 29.5 Å². The Bertz CT molecular complexity index is 1290. The number of aliphatic imine (C=N–C) groups is 1. The molecule has 3 aromatic rings. The number of hydrogen-bond acceptors (Lipinski definition) is 6. The van der Waals surface area contributed by atoms with Gasteiger partial charge >= 0.3 is 5.97 Å². The minimum Gasteiger partial charge on any atom is -0.493 e. The van der Waals surface area contributed by atoms with Crippen LogP contribution in [-0.4, -0.2) is 24.9 Å². The van der Waals surface area contributed by atoms with Gasteiger partial charge in [-0.3, -0.25) is 4.79 Å². The molecule has 0 atom stereocenters. The summed E-state index contributed by atoms with van der Waals surface area (Å²) >= 11 is 0. The van der Waals surface area contributed by atoms with Crippen LogP contribution in [-0.2, 0) is 20.9 Å². The number of esters is 1. The predicted octanol–water partition coefficient (Wildman–Crippen LogP) is 4.89. The van der Waals surface area contributed by atoms with Crippen LogP contribution in [0.25, 0.3) is 6.08 Å². The number of carbonyl (C=O) groups excluding carboxylic acids is 2. The fourth-order valence-corrected chi connectivity index (χ4v) is 3.50. The third-order valence-corrected chi connectivity index (χ3v) is 5.06. The van der Waals surface area contributed by atoms with Gasteiger partial charge in [0.05, 0.1) is 7.11 Å². The number of amides is 1. The van der Waals surface area contributed by atoms with Crippen molar-refractivity contribution in [3.05, 3.63) is 94.7 Å². The lowest BCUT2D eigenvalue weighted by molar-refractivity contribution is -0.129. The van der Waals surface area contributed by atoms with E-state index in [9.17, 15) is 9.59 Å². The zero-order valence-corrected chi connectivity index (χ0v) is 19.1. The van der Waals surface area contributed by atoms with E-state index in [4.69, 9.17) is 14.2 Å². The molecule has 0 saturated carbocycles. The molecule has 1 N–H and O–H groups in total. The Morgan fingerprint density at radius 2 is 1.85 bits per heavy atom. The highest BCUT2D eigenvalue weighted by atomic mass is 16.6. The predicted molar refractivity (Wildman–Crippen MR) is 130 cm³/mol. The fraction of sp³-hybridized carbons (Fsp3) is 0.148. The second-order valence-corrected chi connectivity index (χ2v) is 7.75. The molecule has 0 radical (unpaired) electrons. The summed E-state index contributed by atoms with van der Waals surface area (Å²) in [5, 5.41) is 2.69. The molecule has 0 saturated heterocycles. The van der Waals surface area contributed by atoms with Crippen LogP contribution >= 0.6 is 0 Å². The Morgan fingerprint density at radius 1 is 1.09 bits per heavy atom. The summed E-state index contributed by atoms with van der Waals surface area (Å²) in [4.78, 5) is 28.1.